The Morgan fingerprint density at radius 2 is 2.10 bits per heavy atom. The number of halogens is 2. The summed E-state index contributed by atoms with van der Waals surface area (Å²) in [5.74, 6) is 0.219. The van der Waals surface area contributed by atoms with E-state index in [2.05, 4.69) is 4.98 Å². The minimum Gasteiger partial charge on any atom is -0.396 e. The first-order valence-corrected chi connectivity index (χ1v) is 6.69. The van der Waals surface area contributed by atoms with E-state index in [1.54, 1.807) is 18.2 Å². The maximum Gasteiger partial charge on any atom is 0.146 e. The number of rotatable bonds is 2. The predicted molar refractivity (Wildman–Crippen MR) is 80.2 cm³/mol. The van der Waals surface area contributed by atoms with Crippen molar-refractivity contribution in [2.24, 2.45) is 0 Å². The van der Waals surface area contributed by atoms with E-state index in [9.17, 15) is 4.39 Å². The van der Waals surface area contributed by atoms with Crippen LogP contribution in [0.5, 0.6) is 0 Å². The summed E-state index contributed by atoms with van der Waals surface area (Å²) < 4.78 is 15.6. The van der Waals surface area contributed by atoms with Crippen molar-refractivity contribution in [3.63, 3.8) is 0 Å². The minimum atomic E-state index is -0.435. The van der Waals surface area contributed by atoms with Gasteiger partial charge in [-0.1, -0.05) is 17.7 Å². The summed E-state index contributed by atoms with van der Waals surface area (Å²) in [6, 6.07) is 10.3. The van der Waals surface area contributed by atoms with Crippen LogP contribution in [0.1, 0.15) is 6.92 Å². The molecule has 1 aromatic heterocycles. The molecule has 0 fully saturated rings. The van der Waals surface area contributed by atoms with Gasteiger partial charge in [0.05, 0.1) is 16.7 Å². The quantitative estimate of drug-likeness (QED) is 0.722. The van der Waals surface area contributed by atoms with E-state index in [0.29, 0.717) is 23.0 Å². The minimum absolute atomic E-state index is 0.114. The number of para-hydroxylation sites is 1. The number of nitrogens with zero attached hydrogens (tertiary/aromatic N) is 2. The van der Waals surface area contributed by atoms with Crippen molar-refractivity contribution in [3.8, 4) is 11.4 Å². The smallest absolute Gasteiger partial charge is 0.146 e. The monoisotopic (exact) mass is 289 g/mol. The van der Waals surface area contributed by atoms with Gasteiger partial charge in [-0.25, -0.2) is 9.37 Å². The van der Waals surface area contributed by atoms with E-state index in [-0.39, 0.29) is 5.69 Å². The fourth-order valence-electron chi connectivity index (χ4n) is 2.36. The normalized spacial score (nSPS) is 11.2. The van der Waals surface area contributed by atoms with Crippen molar-refractivity contribution in [1.82, 2.24) is 9.55 Å². The van der Waals surface area contributed by atoms with Crippen molar-refractivity contribution in [2.75, 3.05) is 5.73 Å². The highest BCUT2D eigenvalue weighted by molar-refractivity contribution is 6.31. The summed E-state index contributed by atoms with van der Waals surface area (Å²) in [4.78, 5) is 4.55. The highest BCUT2D eigenvalue weighted by atomic mass is 35.5. The van der Waals surface area contributed by atoms with Crippen LogP contribution in [-0.4, -0.2) is 9.55 Å². The second-order valence-corrected chi connectivity index (χ2v) is 4.95. The van der Waals surface area contributed by atoms with Gasteiger partial charge < -0.3 is 10.3 Å². The highest BCUT2D eigenvalue weighted by Crippen LogP contribution is 2.31. The molecule has 20 heavy (non-hydrogen) atoms. The zero-order valence-corrected chi connectivity index (χ0v) is 11.7. The maximum atomic E-state index is 13.6. The molecule has 0 aliphatic heterocycles. The number of hydrogen-bond acceptors (Lipinski definition) is 2. The van der Waals surface area contributed by atoms with Crippen molar-refractivity contribution >= 4 is 28.3 Å². The molecular weight excluding hydrogens is 277 g/mol. The first kappa shape index (κ1) is 12.9. The lowest BCUT2D eigenvalue weighted by Crippen LogP contribution is -2.01. The highest BCUT2D eigenvalue weighted by Gasteiger charge is 2.15. The van der Waals surface area contributed by atoms with E-state index >= 15 is 0 Å². The summed E-state index contributed by atoms with van der Waals surface area (Å²) in [5.41, 5.74) is 8.28. The largest absolute Gasteiger partial charge is 0.396 e. The van der Waals surface area contributed by atoms with Gasteiger partial charge in [-0.2, -0.15) is 0 Å². The molecule has 0 bridgehead atoms. The molecule has 1 heterocycles. The molecule has 3 aromatic rings. The van der Waals surface area contributed by atoms with Crippen LogP contribution in [0, 0.1) is 5.82 Å². The Hall–Kier alpha value is -2.07. The molecule has 3 rings (SSSR count). The Morgan fingerprint density at radius 1 is 1.30 bits per heavy atom. The first-order valence-electron chi connectivity index (χ1n) is 6.32. The standard InChI is InChI=1S/C15H13ClFN3/c1-2-20-13-7-6-9(16)8-12(13)19-15(20)10-4-3-5-11(17)14(10)18/h3-8H,2,18H2,1H3. The van der Waals surface area contributed by atoms with E-state index in [0.717, 1.165) is 11.0 Å². The third kappa shape index (κ3) is 1.93. The van der Waals surface area contributed by atoms with Crippen LogP contribution >= 0.6 is 11.6 Å². The van der Waals surface area contributed by atoms with Gasteiger partial charge in [0.25, 0.3) is 0 Å². The van der Waals surface area contributed by atoms with Gasteiger partial charge in [0.1, 0.15) is 11.6 Å². The summed E-state index contributed by atoms with van der Waals surface area (Å²) in [6.07, 6.45) is 0. The Kier molecular flexibility index (Phi) is 3.10. The second kappa shape index (κ2) is 4.80. The molecule has 2 aromatic carbocycles. The molecule has 0 saturated heterocycles. The summed E-state index contributed by atoms with van der Waals surface area (Å²) in [6.45, 7) is 2.72. The van der Waals surface area contributed by atoms with Crippen molar-refractivity contribution in [2.45, 2.75) is 13.5 Å². The lowest BCUT2D eigenvalue weighted by molar-refractivity contribution is 0.632. The Labute approximate surface area is 120 Å². The fraction of sp³-hybridized carbons (Fsp3) is 0.133. The SMILES string of the molecule is CCn1c(-c2cccc(F)c2N)nc2cc(Cl)ccc21. The first-order chi connectivity index (χ1) is 9.61. The van der Waals surface area contributed by atoms with Gasteiger partial charge in [0, 0.05) is 17.1 Å². The molecule has 0 aliphatic rings. The van der Waals surface area contributed by atoms with Gasteiger partial charge in [0.15, 0.2) is 0 Å². The topological polar surface area (TPSA) is 43.8 Å². The van der Waals surface area contributed by atoms with Crippen LogP contribution in [0.3, 0.4) is 0 Å². The van der Waals surface area contributed by atoms with Crippen LogP contribution in [0.4, 0.5) is 10.1 Å². The summed E-state index contributed by atoms with van der Waals surface area (Å²) in [7, 11) is 0. The lowest BCUT2D eigenvalue weighted by Gasteiger charge is -2.08. The van der Waals surface area contributed by atoms with Crippen LogP contribution in [0.25, 0.3) is 22.4 Å². The third-order valence-electron chi connectivity index (χ3n) is 3.32. The zero-order valence-electron chi connectivity index (χ0n) is 10.9. The van der Waals surface area contributed by atoms with E-state index in [1.807, 2.05) is 23.6 Å². The number of imidazole rings is 1. The molecular formula is C15H13ClFN3. The summed E-state index contributed by atoms with van der Waals surface area (Å²) >= 11 is 5.99. The number of benzene rings is 2. The second-order valence-electron chi connectivity index (χ2n) is 4.51. The zero-order chi connectivity index (χ0) is 14.3. The van der Waals surface area contributed by atoms with Gasteiger partial charge in [-0.15, -0.1) is 0 Å². The molecule has 0 aliphatic carbocycles. The average Bonchev–Trinajstić information content (AvgIpc) is 2.79. The van der Waals surface area contributed by atoms with Crippen LogP contribution in [0.2, 0.25) is 5.02 Å². The van der Waals surface area contributed by atoms with Crippen LogP contribution in [-0.2, 0) is 6.54 Å². The van der Waals surface area contributed by atoms with Crippen LogP contribution < -0.4 is 5.73 Å². The molecule has 0 saturated carbocycles. The molecule has 0 atom stereocenters. The van der Waals surface area contributed by atoms with E-state index < -0.39 is 5.82 Å². The van der Waals surface area contributed by atoms with Gasteiger partial charge >= 0.3 is 0 Å². The Morgan fingerprint density at radius 3 is 2.85 bits per heavy atom. The maximum absolute atomic E-state index is 13.6. The fourth-order valence-corrected chi connectivity index (χ4v) is 2.53. The average molecular weight is 290 g/mol. The predicted octanol–water partition coefficient (Wildman–Crippen LogP) is 4.10. The number of nitrogen functional groups attached to an aromatic ring is 1. The third-order valence-corrected chi connectivity index (χ3v) is 3.56. The van der Waals surface area contributed by atoms with Crippen LogP contribution in [0.15, 0.2) is 36.4 Å². The molecule has 0 unspecified atom stereocenters. The molecule has 0 spiro atoms. The van der Waals surface area contributed by atoms with Crippen molar-refractivity contribution in [1.29, 1.82) is 0 Å². The van der Waals surface area contributed by atoms with Crippen molar-refractivity contribution < 1.29 is 4.39 Å². The van der Waals surface area contributed by atoms with E-state index in [4.69, 9.17) is 17.3 Å². The Bertz CT molecular complexity index is 795. The number of aromatic nitrogens is 2. The Balaban J connectivity index is 2.33. The number of aryl methyl sites for hydroxylation is 1. The lowest BCUT2D eigenvalue weighted by atomic mass is 10.1. The summed E-state index contributed by atoms with van der Waals surface area (Å²) in [5, 5.41) is 0.622. The van der Waals surface area contributed by atoms with Gasteiger partial charge in [0.2, 0.25) is 0 Å². The number of anilines is 1. The van der Waals surface area contributed by atoms with Gasteiger partial charge in [-0.3, -0.25) is 0 Å². The van der Waals surface area contributed by atoms with E-state index in [1.165, 1.54) is 6.07 Å². The molecule has 3 nitrogen and oxygen atoms in total. The van der Waals surface area contributed by atoms with Crippen molar-refractivity contribution in [3.05, 3.63) is 47.2 Å². The molecule has 0 amide bonds. The molecule has 5 heteroatoms. The molecule has 2 N–H and O–H groups in total. The molecule has 0 radical (unpaired) electrons. The number of hydrogen-bond donors (Lipinski definition) is 1. The van der Waals surface area contributed by atoms with Gasteiger partial charge in [-0.05, 0) is 37.3 Å². The number of fused-ring (bicyclic) bond motifs is 1. The molecule has 102 valence electrons. The number of nitrogens with two attached hydrogens (primary N) is 1.